The average Bonchev–Trinajstić information content (AvgIpc) is 3.58. The third-order valence-corrected chi connectivity index (χ3v) is 8.45. The standard InChI is InChI=1S/C32H24F5N5O5S/c33-25-24(26(34)28(36)29(37)27(25)35)30(45)38-19-3-1-2-18(12-19)31-46-22(13-23(47-31)17-6-4-16(14-43)5-7-17)15-48-32-39-40-41-42(32)20-8-10-21(44)11-9-20/h1-12,22-23,31,43-44H,13-15H2,(H,38,45). The number of aliphatic hydroxyl groups excluding tert-OH is 1. The van der Waals surface area contributed by atoms with Crippen molar-refractivity contribution in [2.45, 2.75) is 36.7 Å². The highest BCUT2D eigenvalue weighted by Crippen LogP contribution is 2.40. The van der Waals surface area contributed by atoms with Gasteiger partial charge < -0.3 is 25.0 Å². The Kier molecular flexibility index (Phi) is 9.68. The number of tetrazole rings is 1. The Morgan fingerprint density at radius 1 is 0.896 bits per heavy atom. The first-order valence-electron chi connectivity index (χ1n) is 14.3. The molecule has 5 aromatic rings. The maximum atomic E-state index is 14.3. The van der Waals surface area contributed by atoms with E-state index in [0.29, 0.717) is 34.1 Å². The number of anilines is 1. The molecule has 0 aliphatic carbocycles. The van der Waals surface area contributed by atoms with Gasteiger partial charge in [-0.05, 0) is 58.0 Å². The molecular formula is C32H24F5N5O5S. The highest BCUT2D eigenvalue weighted by atomic mass is 32.2. The fraction of sp³-hybridized carbons (Fsp3) is 0.188. The van der Waals surface area contributed by atoms with Gasteiger partial charge in [0.25, 0.3) is 5.91 Å². The molecule has 248 valence electrons. The Bertz CT molecular complexity index is 1920. The van der Waals surface area contributed by atoms with E-state index in [1.165, 1.54) is 46.8 Å². The van der Waals surface area contributed by atoms with Crippen LogP contribution in [0, 0.1) is 29.1 Å². The number of phenols is 1. The first kappa shape index (κ1) is 33.0. The molecule has 0 spiro atoms. The van der Waals surface area contributed by atoms with Crippen molar-refractivity contribution < 1.29 is 46.4 Å². The number of halogens is 5. The number of carbonyl (C=O) groups excluding carboxylic acids is 1. The van der Waals surface area contributed by atoms with Crippen LogP contribution in [-0.4, -0.2) is 48.2 Å². The molecule has 3 N–H and O–H groups in total. The zero-order valence-electron chi connectivity index (χ0n) is 24.5. The number of amides is 1. The fourth-order valence-electron chi connectivity index (χ4n) is 4.98. The molecule has 1 aromatic heterocycles. The molecule has 0 bridgehead atoms. The summed E-state index contributed by atoms with van der Waals surface area (Å²) in [6.07, 6.45) is -1.57. The topological polar surface area (TPSA) is 132 Å². The molecule has 16 heteroatoms. The van der Waals surface area contributed by atoms with Crippen LogP contribution in [0.15, 0.2) is 78.0 Å². The van der Waals surface area contributed by atoms with Crippen molar-refractivity contribution in [3.05, 3.63) is 124 Å². The van der Waals surface area contributed by atoms with Crippen molar-refractivity contribution >= 4 is 23.4 Å². The monoisotopic (exact) mass is 685 g/mol. The van der Waals surface area contributed by atoms with E-state index >= 15 is 0 Å². The number of hydrogen-bond donors (Lipinski definition) is 3. The Hall–Kier alpha value is -4.90. The van der Waals surface area contributed by atoms with Gasteiger partial charge in [0, 0.05) is 23.4 Å². The summed E-state index contributed by atoms with van der Waals surface area (Å²) < 4.78 is 83.6. The third kappa shape index (κ3) is 6.87. The van der Waals surface area contributed by atoms with Crippen molar-refractivity contribution in [2.24, 2.45) is 0 Å². The van der Waals surface area contributed by atoms with E-state index in [9.17, 15) is 37.0 Å². The quantitative estimate of drug-likeness (QED) is 0.0724. The van der Waals surface area contributed by atoms with E-state index in [4.69, 9.17) is 9.47 Å². The highest BCUT2D eigenvalue weighted by molar-refractivity contribution is 7.99. The number of carbonyl (C=O) groups is 1. The lowest BCUT2D eigenvalue weighted by molar-refractivity contribution is -0.245. The van der Waals surface area contributed by atoms with Crippen molar-refractivity contribution in [1.82, 2.24) is 20.2 Å². The number of hydrogen-bond acceptors (Lipinski definition) is 9. The lowest BCUT2D eigenvalue weighted by atomic mass is 10.0. The Morgan fingerprint density at radius 2 is 1.58 bits per heavy atom. The maximum Gasteiger partial charge on any atom is 0.261 e. The minimum absolute atomic E-state index is 0.0259. The molecule has 6 rings (SSSR count). The minimum Gasteiger partial charge on any atom is -0.508 e. The summed E-state index contributed by atoms with van der Waals surface area (Å²) in [6.45, 7) is -0.143. The van der Waals surface area contributed by atoms with Crippen LogP contribution in [0.2, 0.25) is 0 Å². The molecule has 2 heterocycles. The number of aromatic hydroxyl groups is 1. The van der Waals surface area contributed by atoms with Crippen LogP contribution >= 0.6 is 11.8 Å². The highest BCUT2D eigenvalue weighted by Gasteiger charge is 2.34. The van der Waals surface area contributed by atoms with Gasteiger partial charge in [0.15, 0.2) is 29.6 Å². The van der Waals surface area contributed by atoms with E-state index in [1.54, 1.807) is 30.3 Å². The predicted octanol–water partition coefficient (Wildman–Crippen LogP) is 6.15. The lowest BCUT2D eigenvalue weighted by Gasteiger charge is -2.36. The number of rotatable bonds is 9. The van der Waals surface area contributed by atoms with Crippen LogP contribution in [0.4, 0.5) is 27.6 Å². The van der Waals surface area contributed by atoms with Gasteiger partial charge >= 0.3 is 0 Å². The molecular weight excluding hydrogens is 661 g/mol. The summed E-state index contributed by atoms with van der Waals surface area (Å²) in [7, 11) is 0. The zero-order chi connectivity index (χ0) is 33.9. The van der Waals surface area contributed by atoms with Gasteiger partial charge in [-0.15, -0.1) is 5.10 Å². The summed E-state index contributed by atoms with van der Waals surface area (Å²) >= 11 is 1.31. The van der Waals surface area contributed by atoms with Gasteiger partial charge in [-0.2, -0.15) is 4.68 Å². The fourth-order valence-corrected chi connectivity index (χ4v) is 5.88. The minimum atomic E-state index is -2.37. The van der Waals surface area contributed by atoms with Crippen LogP contribution < -0.4 is 5.32 Å². The summed E-state index contributed by atoms with van der Waals surface area (Å²) in [4.78, 5) is 12.7. The van der Waals surface area contributed by atoms with Gasteiger partial charge in [-0.3, -0.25) is 4.79 Å². The molecule has 1 saturated heterocycles. The normalized spacial score (nSPS) is 17.8. The van der Waals surface area contributed by atoms with Crippen LogP contribution in [0.1, 0.15) is 45.9 Å². The van der Waals surface area contributed by atoms with Crippen LogP contribution in [-0.2, 0) is 16.1 Å². The van der Waals surface area contributed by atoms with Gasteiger partial charge in [0.1, 0.15) is 11.3 Å². The second-order valence-electron chi connectivity index (χ2n) is 10.6. The van der Waals surface area contributed by atoms with Crippen LogP contribution in [0.3, 0.4) is 0 Å². The van der Waals surface area contributed by atoms with Gasteiger partial charge in [0.05, 0.1) is 24.5 Å². The summed E-state index contributed by atoms with van der Waals surface area (Å²) in [5.41, 5.74) is 0.846. The number of phenolic OH excluding ortho intramolecular Hbond substituents is 1. The van der Waals surface area contributed by atoms with Gasteiger partial charge in [-0.1, -0.05) is 48.2 Å². The summed E-state index contributed by atoms with van der Waals surface area (Å²) in [6, 6.07) is 19.3. The Balaban J connectivity index is 1.24. The summed E-state index contributed by atoms with van der Waals surface area (Å²) in [5.74, 6) is -12.5. The number of thioether (sulfide) groups is 1. The van der Waals surface area contributed by atoms with Crippen molar-refractivity contribution in [1.29, 1.82) is 0 Å². The molecule has 1 fully saturated rings. The zero-order valence-corrected chi connectivity index (χ0v) is 25.3. The van der Waals surface area contributed by atoms with Crippen molar-refractivity contribution in [3.63, 3.8) is 0 Å². The molecule has 1 amide bonds. The lowest BCUT2D eigenvalue weighted by Crippen LogP contribution is -2.31. The van der Waals surface area contributed by atoms with Crippen LogP contribution in [0.5, 0.6) is 5.75 Å². The number of ether oxygens (including phenoxy) is 2. The van der Waals surface area contributed by atoms with E-state index in [2.05, 4.69) is 20.8 Å². The number of aromatic nitrogens is 4. The largest absolute Gasteiger partial charge is 0.508 e. The molecule has 4 aromatic carbocycles. The molecule has 1 aliphatic heterocycles. The first-order chi connectivity index (χ1) is 23.1. The number of nitrogens with zero attached hydrogens (tertiary/aromatic N) is 4. The second kappa shape index (κ2) is 14.1. The molecule has 1 aliphatic rings. The number of nitrogens with one attached hydrogen (secondary N) is 1. The molecule has 48 heavy (non-hydrogen) atoms. The summed E-state index contributed by atoms with van der Waals surface area (Å²) in [5, 5.41) is 33.6. The molecule has 0 saturated carbocycles. The maximum absolute atomic E-state index is 14.3. The van der Waals surface area contributed by atoms with E-state index in [1.807, 2.05) is 12.1 Å². The second-order valence-corrected chi connectivity index (χ2v) is 11.6. The number of aliphatic hydroxyl groups is 1. The average molecular weight is 686 g/mol. The van der Waals surface area contributed by atoms with E-state index in [-0.39, 0.29) is 18.0 Å². The molecule has 0 radical (unpaired) electrons. The molecule has 3 atom stereocenters. The predicted molar refractivity (Wildman–Crippen MR) is 161 cm³/mol. The number of benzene rings is 4. The smallest absolute Gasteiger partial charge is 0.261 e. The van der Waals surface area contributed by atoms with Crippen molar-refractivity contribution in [2.75, 3.05) is 11.1 Å². The van der Waals surface area contributed by atoms with Crippen LogP contribution in [0.25, 0.3) is 5.69 Å². The SMILES string of the molecule is O=C(Nc1cccc(C2OC(CSc3nnnn3-c3ccc(O)cc3)CC(c3ccc(CO)cc3)O2)c1)c1c(F)c(F)c(F)c(F)c1F. The van der Waals surface area contributed by atoms with E-state index in [0.717, 1.165) is 5.56 Å². The van der Waals surface area contributed by atoms with Gasteiger partial charge in [-0.25, -0.2) is 22.0 Å². The van der Waals surface area contributed by atoms with Crippen molar-refractivity contribution in [3.8, 4) is 11.4 Å². The van der Waals surface area contributed by atoms with E-state index < -0.39 is 59.1 Å². The Morgan fingerprint density at radius 3 is 2.27 bits per heavy atom. The first-order valence-corrected chi connectivity index (χ1v) is 15.3. The third-order valence-electron chi connectivity index (χ3n) is 7.40. The Labute approximate surface area is 273 Å². The molecule has 3 unspecified atom stereocenters. The molecule has 10 nitrogen and oxygen atoms in total. The van der Waals surface area contributed by atoms with Gasteiger partial charge in [0.2, 0.25) is 11.0 Å².